The molecule has 16 heavy (non-hydrogen) atoms. The molecule has 4 heteroatoms. The summed E-state index contributed by atoms with van der Waals surface area (Å²) in [6, 6.07) is 7.48. The molecule has 0 aliphatic carbocycles. The van der Waals surface area contributed by atoms with Gasteiger partial charge < -0.3 is 10.3 Å². The van der Waals surface area contributed by atoms with Gasteiger partial charge in [0.05, 0.1) is 18.2 Å². The summed E-state index contributed by atoms with van der Waals surface area (Å²) in [6.45, 7) is 3.39. The number of nitrogens with zero attached hydrogens (tertiary/aromatic N) is 1. The van der Waals surface area contributed by atoms with Crippen molar-refractivity contribution in [1.82, 2.24) is 9.97 Å². The summed E-state index contributed by atoms with van der Waals surface area (Å²) >= 11 is 0. The number of aromatic nitrogens is 2. The van der Waals surface area contributed by atoms with Gasteiger partial charge >= 0.3 is 0 Å². The molecule has 0 spiro atoms. The second kappa shape index (κ2) is 4.44. The van der Waals surface area contributed by atoms with Gasteiger partial charge in [-0.2, -0.15) is 0 Å². The molecule has 0 atom stereocenters. The first kappa shape index (κ1) is 10.2. The summed E-state index contributed by atoms with van der Waals surface area (Å²) in [5.41, 5.74) is 2.71. The first-order valence-corrected chi connectivity index (χ1v) is 4.82. The predicted octanol–water partition coefficient (Wildman–Crippen LogP) is 2.20. The van der Waals surface area contributed by atoms with Crippen molar-refractivity contribution in [2.75, 3.05) is 5.32 Å². The van der Waals surface area contributed by atoms with Crippen LogP contribution in [0.3, 0.4) is 0 Å². The van der Waals surface area contributed by atoms with Gasteiger partial charge in [-0.25, -0.2) is 4.98 Å². The highest BCUT2D eigenvalue weighted by Crippen LogP contribution is 2.18. The van der Waals surface area contributed by atoms with E-state index in [0.717, 1.165) is 16.9 Å². The number of aromatic amines is 1. The topological polar surface area (TPSA) is 57.8 Å². The predicted molar refractivity (Wildman–Crippen MR) is 62.9 cm³/mol. The van der Waals surface area contributed by atoms with E-state index in [1.165, 1.54) is 6.08 Å². The van der Waals surface area contributed by atoms with E-state index >= 15 is 0 Å². The van der Waals surface area contributed by atoms with Crippen LogP contribution in [0.4, 0.5) is 5.69 Å². The Bertz CT molecular complexity index is 485. The Hall–Kier alpha value is -2.36. The number of hydrogen-bond acceptors (Lipinski definition) is 2. The number of nitrogens with one attached hydrogen (secondary N) is 2. The van der Waals surface area contributed by atoms with Gasteiger partial charge in [0.15, 0.2) is 0 Å². The van der Waals surface area contributed by atoms with E-state index in [1.807, 2.05) is 24.3 Å². The number of amides is 1. The Morgan fingerprint density at radius 3 is 2.69 bits per heavy atom. The molecule has 1 amide bonds. The van der Waals surface area contributed by atoms with Crippen LogP contribution in [0, 0.1) is 0 Å². The van der Waals surface area contributed by atoms with Gasteiger partial charge in [0, 0.05) is 5.69 Å². The molecule has 80 valence electrons. The fraction of sp³-hybridized carbons (Fsp3) is 0. The fourth-order valence-corrected chi connectivity index (χ4v) is 1.34. The highest BCUT2D eigenvalue weighted by molar-refractivity contribution is 5.98. The molecule has 0 fully saturated rings. The lowest BCUT2D eigenvalue weighted by atomic mass is 10.1. The molecule has 2 N–H and O–H groups in total. The number of benzene rings is 1. The molecule has 4 nitrogen and oxygen atoms in total. The summed E-state index contributed by atoms with van der Waals surface area (Å²) in [5, 5.41) is 2.68. The summed E-state index contributed by atoms with van der Waals surface area (Å²) in [5.74, 6) is -0.214. The van der Waals surface area contributed by atoms with Gasteiger partial charge in [-0.05, 0) is 23.8 Å². The van der Waals surface area contributed by atoms with E-state index < -0.39 is 0 Å². The molecule has 0 saturated heterocycles. The van der Waals surface area contributed by atoms with E-state index in [1.54, 1.807) is 12.5 Å². The van der Waals surface area contributed by atoms with Gasteiger partial charge in [-0.1, -0.05) is 18.7 Å². The summed E-state index contributed by atoms with van der Waals surface area (Å²) in [7, 11) is 0. The highest BCUT2D eigenvalue weighted by atomic mass is 16.1. The molecule has 0 saturated carbocycles. The Morgan fingerprint density at radius 2 is 2.12 bits per heavy atom. The quantitative estimate of drug-likeness (QED) is 0.768. The third-order valence-corrected chi connectivity index (χ3v) is 2.15. The highest BCUT2D eigenvalue weighted by Gasteiger charge is 2.00. The number of anilines is 1. The van der Waals surface area contributed by atoms with Crippen molar-refractivity contribution in [3.8, 4) is 11.3 Å². The van der Waals surface area contributed by atoms with Gasteiger partial charge in [0.2, 0.25) is 5.91 Å². The molecule has 1 heterocycles. The van der Waals surface area contributed by atoms with Crippen molar-refractivity contribution in [2.24, 2.45) is 0 Å². The second-order valence-electron chi connectivity index (χ2n) is 3.24. The standard InChI is InChI=1S/C12H11N3O/c1-2-12(16)15-10-5-3-9(4-6-10)11-7-13-8-14-11/h2-8H,1H2,(H,13,14)(H,15,16). The zero-order valence-electron chi connectivity index (χ0n) is 8.60. The minimum atomic E-state index is -0.214. The second-order valence-corrected chi connectivity index (χ2v) is 3.24. The molecule has 2 rings (SSSR count). The van der Waals surface area contributed by atoms with Crippen LogP contribution in [0.5, 0.6) is 0 Å². The number of hydrogen-bond donors (Lipinski definition) is 2. The lowest BCUT2D eigenvalue weighted by Gasteiger charge is -2.03. The van der Waals surface area contributed by atoms with Crippen molar-refractivity contribution in [3.63, 3.8) is 0 Å². The van der Waals surface area contributed by atoms with E-state index in [2.05, 4.69) is 21.9 Å². The van der Waals surface area contributed by atoms with Crippen molar-refractivity contribution >= 4 is 11.6 Å². The Morgan fingerprint density at radius 1 is 1.38 bits per heavy atom. The molecular weight excluding hydrogens is 202 g/mol. The number of carbonyl (C=O) groups excluding carboxylic acids is 1. The van der Waals surface area contributed by atoms with E-state index in [-0.39, 0.29) is 5.91 Å². The lowest BCUT2D eigenvalue weighted by molar-refractivity contribution is -0.111. The largest absolute Gasteiger partial charge is 0.345 e. The summed E-state index contributed by atoms with van der Waals surface area (Å²) in [6.07, 6.45) is 4.61. The van der Waals surface area contributed by atoms with E-state index in [0.29, 0.717) is 0 Å². The van der Waals surface area contributed by atoms with Crippen molar-refractivity contribution in [2.45, 2.75) is 0 Å². The molecule has 0 unspecified atom stereocenters. The first-order chi connectivity index (χ1) is 7.79. The average Bonchev–Trinajstić information content (AvgIpc) is 2.83. The molecule has 0 aliphatic heterocycles. The maximum atomic E-state index is 11.0. The van der Waals surface area contributed by atoms with Crippen LogP contribution in [-0.4, -0.2) is 15.9 Å². The Kier molecular flexibility index (Phi) is 2.82. The Labute approximate surface area is 93.0 Å². The van der Waals surface area contributed by atoms with Crippen LogP contribution in [0.25, 0.3) is 11.3 Å². The molecule has 0 radical (unpaired) electrons. The zero-order chi connectivity index (χ0) is 11.4. The molecule has 0 bridgehead atoms. The van der Waals surface area contributed by atoms with Crippen LogP contribution in [0.1, 0.15) is 0 Å². The van der Waals surface area contributed by atoms with Gasteiger partial charge in [0.25, 0.3) is 0 Å². The third-order valence-electron chi connectivity index (χ3n) is 2.15. The number of H-pyrrole nitrogens is 1. The number of imidazole rings is 1. The van der Waals surface area contributed by atoms with Crippen molar-refractivity contribution in [3.05, 3.63) is 49.4 Å². The van der Waals surface area contributed by atoms with Crippen LogP contribution in [-0.2, 0) is 4.79 Å². The van der Waals surface area contributed by atoms with Crippen molar-refractivity contribution in [1.29, 1.82) is 0 Å². The minimum Gasteiger partial charge on any atom is -0.345 e. The molecule has 0 aliphatic rings. The first-order valence-electron chi connectivity index (χ1n) is 4.82. The SMILES string of the molecule is C=CC(=O)Nc1ccc(-c2cnc[nH]2)cc1. The van der Waals surface area contributed by atoms with Gasteiger partial charge in [-0.3, -0.25) is 4.79 Å². The van der Waals surface area contributed by atoms with E-state index in [9.17, 15) is 4.79 Å². The van der Waals surface area contributed by atoms with Crippen LogP contribution in [0.2, 0.25) is 0 Å². The van der Waals surface area contributed by atoms with Crippen LogP contribution < -0.4 is 5.32 Å². The molecule has 1 aromatic carbocycles. The maximum Gasteiger partial charge on any atom is 0.247 e. The van der Waals surface area contributed by atoms with Gasteiger partial charge in [0.1, 0.15) is 0 Å². The van der Waals surface area contributed by atoms with Gasteiger partial charge in [-0.15, -0.1) is 0 Å². The molecular formula is C12H11N3O. The third kappa shape index (κ3) is 2.17. The monoisotopic (exact) mass is 213 g/mol. The average molecular weight is 213 g/mol. The normalized spacial score (nSPS) is 9.75. The van der Waals surface area contributed by atoms with Crippen molar-refractivity contribution < 1.29 is 4.79 Å². The number of carbonyl (C=O) groups is 1. The zero-order valence-corrected chi connectivity index (χ0v) is 8.60. The maximum absolute atomic E-state index is 11.0. The van der Waals surface area contributed by atoms with E-state index in [4.69, 9.17) is 0 Å². The lowest BCUT2D eigenvalue weighted by Crippen LogP contribution is -2.06. The summed E-state index contributed by atoms with van der Waals surface area (Å²) in [4.78, 5) is 18.0. The van der Waals surface area contributed by atoms with Crippen LogP contribution >= 0.6 is 0 Å². The summed E-state index contributed by atoms with van der Waals surface area (Å²) < 4.78 is 0. The number of rotatable bonds is 3. The molecule has 1 aromatic heterocycles. The molecule has 2 aromatic rings. The fourth-order valence-electron chi connectivity index (χ4n) is 1.34. The minimum absolute atomic E-state index is 0.214. The Balaban J connectivity index is 2.17. The smallest absolute Gasteiger partial charge is 0.247 e. The van der Waals surface area contributed by atoms with Crippen LogP contribution in [0.15, 0.2) is 49.4 Å².